The molecule has 0 aromatic heterocycles. The molecule has 0 saturated heterocycles. The number of rotatable bonds is 1. The van der Waals surface area contributed by atoms with Gasteiger partial charge in [-0.05, 0) is 17.7 Å². The van der Waals surface area contributed by atoms with Gasteiger partial charge in [0.05, 0.1) is 11.1 Å². The molecule has 0 bridgehead atoms. The van der Waals surface area contributed by atoms with E-state index in [0.717, 1.165) is 6.07 Å². The normalized spacial score (nSPS) is 9.35. The molecule has 0 N–H and O–H groups in total. The molecule has 0 fully saturated rings. The molecular formula is C14H7FN2. The monoisotopic (exact) mass is 222 g/mol. The molecule has 3 heteroatoms. The van der Waals surface area contributed by atoms with Gasteiger partial charge in [-0.15, -0.1) is 0 Å². The van der Waals surface area contributed by atoms with E-state index in [1.165, 1.54) is 6.07 Å². The topological polar surface area (TPSA) is 47.6 Å². The molecular weight excluding hydrogens is 215 g/mol. The summed E-state index contributed by atoms with van der Waals surface area (Å²) < 4.78 is 13.8. The van der Waals surface area contributed by atoms with E-state index in [-0.39, 0.29) is 11.1 Å². The second-order valence-electron chi connectivity index (χ2n) is 3.47. The van der Waals surface area contributed by atoms with Crippen LogP contribution < -0.4 is 0 Å². The van der Waals surface area contributed by atoms with Crippen LogP contribution in [0.4, 0.5) is 4.39 Å². The second-order valence-corrected chi connectivity index (χ2v) is 3.47. The molecule has 0 aliphatic rings. The number of halogens is 1. The number of nitriles is 2. The van der Waals surface area contributed by atoms with Crippen molar-refractivity contribution in [1.82, 2.24) is 0 Å². The third kappa shape index (κ3) is 2.00. The largest absolute Gasteiger partial charge is 0.206 e. The first-order valence-electron chi connectivity index (χ1n) is 4.95. The van der Waals surface area contributed by atoms with Crippen LogP contribution in [-0.2, 0) is 0 Å². The Labute approximate surface area is 98.2 Å². The highest BCUT2D eigenvalue weighted by Crippen LogP contribution is 2.25. The molecule has 0 heterocycles. The smallest absolute Gasteiger partial charge is 0.132 e. The van der Waals surface area contributed by atoms with Crippen LogP contribution in [0.1, 0.15) is 11.1 Å². The maximum absolute atomic E-state index is 13.8. The quantitative estimate of drug-likeness (QED) is 0.743. The summed E-state index contributed by atoms with van der Waals surface area (Å²) in [7, 11) is 0. The summed E-state index contributed by atoms with van der Waals surface area (Å²) >= 11 is 0. The predicted molar refractivity (Wildman–Crippen MR) is 61.3 cm³/mol. The second kappa shape index (κ2) is 4.47. The van der Waals surface area contributed by atoms with E-state index >= 15 is 0 Å². The zero-order chi connectivity index (χ0) is 12.3. The molecule has 0 radical (unpaired) electrons. The Morgan fingerprint density at radius 1 is 0.882 bits per heavy atom. The number of benzene rings is 2. The molecule has 0 amide bonds. The lowest BCUT2D eigenvalue weighted by atomic mass is 9.99. The highest BCUT2D eigenvalue weighted by molar-refractivity contribution is 5.68. The summed E-state index contributed by atoms with van der Waals surface area (Å²) in [5, 5.41) is 17.7. The average Bonchev–Trinajstić information content (AvgIpc) is 2.39. The summed E-state index contributed by atoms with van der Waals surface area (Å²) in [6, 6.07) is 15.1. The van der Waals surface area contributed by atoms with E-state index in [0.29, 0.717) is 11.1 Å². The van der Waals surface area contributed by atoms with Crippen molar-refractivity contribution in [3.8, 4) is 23.3 Å². The maximum Gasteiger partial charge on any atom is 0.132 e. The maximum atomic E-state index is 13.8. The summed E-state index contributed by atoms with van der Waals surface area (Å²) in [5.74, 6) is -0.494. The minimum Gasteiger partial charge on any atom is -0.206 e. The molecule has 0 unspecified atom stereocenters. The van der Waals surface area contributed by atoms with Gasteiger partial charge < -0.3 is 0 Å². The molecule has 0 saturated carbocycles. The third-order valence-electron chi connectivity index (χ3n) is 2.43. The fraction of sp³-hybridized carbons (Fsp3) is 0. The van der Waals surface area contributed by atoms with Gasteiger partial charge in [-0.2, -0.15) is 10.5 Å². The van der Waals surface area contributed by atoms with Crippen molar-refractivity contribution in [2.45, 2.75) is 0 Å². The van der Waals surface area contributed by atoms with E-state index in [1.807, 2.05) is 12.1 Å². The van der Waals surface area contributed by atoms with Crippen molar-refractivity contribution < 1.29 is 4.39 Å². The molecule has 2 aromatic carbocycles. The van der Waals surface area contributed by atoms with Crippen molar-refractivity contribution >= 4 is 0 Å². The van der Waals surface area contributed by atoms with Gasteiger partial charge in [0.1, 0.15) is 18.0 Å². The van der Waals surface area contributed by atoms with E-state index in [1.54, 1.807) is 30.3 Å². The van der Waals surface area contributed by atoms with Crippen molar-refractivity contribution in [1.29, 1.82) is 10.5 Å². The van der Waals surface area contributed by atoms with Gasteiger partial charge in [0.25, 0.3) is 0 Å². The van der Waals surface area contributed by atoms with Crippen LogP contribution >= 0.6 is 0 Å². The highest BCUT2D eigenvalue weighted by Gasteiger charge is 2.10. The molecule has 0 spiro atoms. The zero-order valence-electron chi connectivity index (χ0n) is 8.81. The molecule has 2 nitrogen and oxygen atoms in total. The molecule has 0 atom stereocenters. The third-order valence-corrected chi connectivity index (χ3v) is 2.43. The first-order chi connectivity index (χ1) is 8.26. The van der Waals surface area contributed by atoms with Crippen molar-refractivity contribution in [2.24, 2.45) is 0 Å². The lowest BCUT2D eigenvalue weighted by Gasteiger charge is -2.04. The molecule has 2 aromatic rings. The average molecular weight is 222 g/mol. The van der Waals surface area contributed by atoms with Gasteiger partial charge in [0, 0.05) is 5.56 Å². The van der Waals surface area contributed by atoms with Crippen LogP contribution in [0.2, 0.25) is 0 Å². The molecule has 0 aliphatic heterocycles. The van der Waals surface area contributed by atoms with Crippen LogP contribution in [0.5, 0.6) is 0 Å². The van der Waals surface area contributed by atoms with E-state index in [2.05, 4.69) is 0 Å². The number of hydrogen-bond acceptors (Lipinski definition) is 2. The van der Waals surface area contributed by atoms with Crippen molar-refractivity contribution in [2.75, 3.05) is 0 Å². The fourth-order valence-electron chi connectivity index (χ4n) is 1.60. The Morgan fingerprint density at radius 3 is 2.06 bits per heavy atom. The Bertz CT molecular complexity index is 634. The van der Waals surface area contributed by atoms with Gasteiger partial charge >= 0.3 is 0 Å². The van der Waals surface area contributed by atoms with Crippen LogP contribution in [0.25, 0.3) is 11.1 Å². The standard InChI is InChI=1S/C14H7FN2/c15-14-7-12(9-17)11(8-16)6-13(14)10-4-2-1-3-5-10/h1-7H. The summed E-state index contributed by atoms with van der Waals surface area (Å²) in [6.45, 7) is 0. The Balaban J connectivity index is 2.66. The molecule has 17 heavy (non-hydrogen) atoms. The van der Waals surface area contributed by atoms with Crippen LogP contribution in [0.15, 0.2) is 42.5 Å². The number of hydrogen-bond donors (Lipinski definition) is 0. The van der Waals surface area contributed by atoms with E-state index in [4.69, 9.17) is 10.5 Å². The molecule has 2 rings (SSSR count). The van der Waals surface area contributed by atoms with Gasteiger partial charge in [-0.3, -0.25) is 0 Å². The molecule has 80 valence electrons. The van der Waals surface area contributed by atoms with Gasteiger partial charge in [-0.1, -0.05) is 30.3 Å². The van der Waals surface area contributed by atoms with Crippen LogP contribution in [0.3, 0.4) is 0 Å². The van der Waals surface area contributed by atoms with Crippen molar-refractivity contribution in [3.63, 3.8) is 0 Å². The van der Waals surface area contributed by atoms with E-state index in [9.17, 15) is 4.39 Å². The minimum atomic E-state index is -0.494. The van der Waals surface area contributed by atoms with Crippen LogP contribution in [-0.4, -0.2) is 0 Å². The summed E-state index contributed by atoms with van der Waals surface area (Å²) in [4.78, 5) is 0. The SMILES string of the molecule is N#Cc1cc(F)c(-c2ccccc2)cc1C#N. The Hall–Kier alpha value is -2.65. The zero-order valence-corrected chi connectivity index (χ0v) is 8.81. The first-order valence-corrected chi connectivity index (χ1v) is 4.95. The van der Waals surface area contributed by atoms with Gasteiger partial charge in [-0.25, -0.2) is 4.39 Å². The Kier molecular flexibility index (Phi) is 2.85. The highest BCUT2D eigenvalue weighted by atomic mass is 19.1. The van der Waals surface area contributed by atoms with E-state index < -0.39 is 5.82 Å². The first kappa shape index (κ1) is 10.9. The molecule has 0 aliphatic carbocycles. The lowest BCUT2D eigenvalue weighted by Crippen LogP contribution is -1.91. The Morgan fingerprint density at radius 2 is 1.47 bits per heavy atom. The van der Waals surface area contributed by atoms with Crippen LogP contribution in [0, 0.1) is 28.5 Å². The lowest BCUT2D eigenvalue weighted by molar-refractivity contribution is 0.630. The van der Waals surface area contributed by atoms with Gasteiger partial charge in [0.2, 0.25) is 0 Å². The van der Waals surface area contributed by atoms with Gasteiger partial charge in [0.15, 0.2) is 0 Å². The fourth-order valence-corrected chi connectivity index (χ4v) is 1.60. The van der Waals surface area contributed by atoms with Crippen molar-refractivity contribution in [3.05, 3.63) is 59.4 Å². The predicted octanol–water partition coefficient (Wildman–Crippen LogP) is 3.24. The summed E-state index contributed by atoms with van der Waals surface area (Å²) in [6.07, 6.45) is 0. The minimum absolute atomic E-state index is 0.0599. The number of nitrogens with zero attached hydrogens (tertiary/aromatic N) is 2. The summed E-state index contributed by atoms with van der Waals surface area (Å²) in [5.41, 5.74) is 1.27.